The van der Waals surface area contributed by atoms with Gasteiger partial charge in [-0.3, -0.25) is 0 Å². The minimum atomic E-state index is -3.70. The van der Waals surface area contributed by atoms with E-state index in [1.54, 1.807) is 18.3 Å². The molecule has 2 aromatic rings. The number of hydrogen-bond donors (Lipinski definition) is 2. The first-order valence-electron chi connectivity index (χ1n) is 8.36. The molecule has 3 N–H and O–H groups in total. The molecule has 7 nitrogen and oxygen atoms in total. The summed E-state index contributed by atoms with van der Waals surface area (Å²) in [6.45, 7) is 5.61. The molecule has 0 bridgehead atoms. The van der Waals surface area contributed by atoms with Gasteiger partial charge < -0.3 is 10.2 Å². The van der Waals surface area contributed by atoms with Crippen LogP contribution in [-0.2, 0) is 23.0 Å². The molecule has 0 amide bonds. The molecule has 1 aromatic carbocycles. The predicted molar refractivity (Wildman–Crippen MR) is 98.0 cm³/mol. The van der Waals surface area contributed by atoms with E-state index in [1.165, 1.54) is 0 Å². The maximum Gasteiger partial charge on any atom is 0.238 e. The molecule has 0 fully saturated rings. The van der Waals surface area contributed by atoms with E-state index in [0.29, 0.717) is 18.5 Å². The van der Waals surface area contributed by atoms with Crippen LogP contribution in [0.1, 0.15) is 31.4 Å². The van der Waals surface area contributed by atoms with Crippen molar-refractivity contribution in [2.45, 2.75) is 44.2 Å². The van der Waals surface area contributed by atoms with Crippen LogP contribution in [0.2, 0.25) is 0 Å². The quantitative estimate of drug-likeness (QED) is 0.843. The third kappa shape index (κ3) is 4.08. The summed E-state index contributed by atoms with van der Waals surface area (Å²) in [5.41, 5.74) is 2.11. The summed E-state index contributed by atoms with van der Waals surface area (Å²) >= 11 is 0. The first-order valence-corrected chi connectivity index (χ1v) is 9.90. The highest BCUT2D eigenvalue weighted by atomic mass is 32.2. The second kappa shape index (κ2) is 6.97. The number of aromatic nitrogens is 2. The van der Waals surface area contributed by atoms with E-state index >= 15 is 0 Å². The standard InChI is InChI=1S/C17H23N5O2S/c1-3-12(2)20-17-19-8-6-16(21-17)22-9-7-13-4-5-15(25(18,23)24)10-14(13)11-22/h4-6,8,10,12H,3,7,9,11H2,1-2H3,(H2,18,23,24)(H,19,20,21)/t12-/m0/s1. The van der Waals surface area contributed by atoms with Gasteiger partial charge in [0.15, 0.2) is 0 Å². The van der Waals surface area contributed by atoms with Crippen LogP contribution in [0.3, 0.4) is 0 Å². The van der Waals surface area contributed by atoms with Crippen LogP contribution in [0.15, 0.2) is 35.4 Å². The van der Waals surface area contributed by atoms with Gasteiger partial charge in [0.25, 0.3) is 0 Å². The molecule has 8 heteroatoms. The van der Waals surface area contributed by atoms with E-state index in [2.05, 4.69) is 34.0 Å². The monoisotopic (exact) mass is 361 g/mol. The Kier molecular flexibility index (Phi) is 4.91. The molecule has 0 aliphatic carbocycles. The van der Waals surface area contributed by atoms with Crippen LogP contribution in [0, 0.1) is 0 Å². The Morgan fingerprint density at radius 2 is 2.12 bits per heavy atom. The topological polar surface area (TPSA) is 101 Å². The Hall–Kier alpha value is -2.19. The van der Waals surface area contributed by atoms with Crippen molar-refractivity contribution in [1.29, 1.82) is 0 Å². The van der Waals surface area contributed by atoms with Gasteiger partial charge in [0.05, 0.1) is 4.90 Å². The van der Waals surface area contributed by atoms with Gasteiger partial charge in [-0.1, -0.05) is 13.0 Å². The van der Waals surface area contributed by atoms with Gasteiger partial charge in [0, 0.05) is 25.3 Å². The highest BCUT2D eigenvalue weighted by molar-refractivity contribution is 7.89. The Morgan fingerprint density at radius 3 is 2.84 bits per heavy atom. The van der Waals surface area contributed by atoms with Gasteiger partial charge in [0.1, 0.15) is 5.82 Å². The average Bonchev–Trinajstić information content (AvgIpc) is 2.60. The largest absolute Gasteiger partial charge is 0.352 e. The van der Waals surface area contributed by atoms with E-state index < -0.39 is 10.0 Å². The highest BCUT2D eigenvalue weighted by Crippen LogP contribution is 2.25. The van der Waals surface area contributed by atoms with Gasteiger partial charge >= 0.3 is 0 Å². The van der Waals surface area contributed by atoms with Crippen molar-refractivity contribution in [1.82, 2.24) is 9.97 Å². The lowest BCUT2D eigenvalue weighted by molar-refractivity contribution is 0.597. The number of nitrogens with two attached hydrogens (primary N) is 1. The molecular formula is C17H23N5O2S. The fraction of sp³-hybridized carbons (Fsp3) is 0.412. The highest BCUT2D eigenvalue weighted by Gasteiger charge is 2.20. The van der Waals surface area contributed by atoms with Crippen molar-refractivity contribution >= 4 is 21.8 Å². The van der Waals surface area contributed by atoms with Gasteiger partial charge in [-0.2, -0.15) is 4.98 Å². The van der Waals surface area contributed by atoms with Gasteiger partial charge in [-0.05, 0) is 49.1 Å². The van der Waals surface area contributed by atoms with E-state index in [1.807, 2.05) is 12.1 Å². The Bertz CT molecular complexity index is 869. The van der Waals surface area contributed by atoms with E-state index in [-0.39, 0.29) is 4.90 Å². The van der Waals surface area contributed by atoms with Crippen LogP contribution in [0.25, 0.3) is 0 Å². The molecular weight excluding hydrogens is 338 g/mol. The number of nitrogens with one attached hydrogen (secondary N) is 1. The maximum absolute atomic E-state index is 11.6. The average molecular weight is 361 g/mol. The van der Waals surface area contributed by atoms with Crippen LogP contribution in [0.5, 0.6) is 0 Å². The second-order valence-electron chi connectivity index (χ2n) is 6.34. The SMILES string of the molecule is CC[C@H](C)Nc1nccc(N2CCc3ccc(S(N)(=O)=O)cc3C2)n1. The van der Waals surface area contributed by atoms with Gasteiger partial charge in [-0.25, -0.2) is 18.5 Å². The lowest BCUT2D eigenvalue weighted by Crippen LogP contribution is -2.31. The molecule has 2 heterocycles. The summed E-state index contributed by atoms with van der Waals surface area (Å²) in [5.74, 6) is 1.43. The molecule has 3 rings (SSSR count). The zero-order chi connectivity index (χ0) is 18.0. The minimum Gasteiger partial charge on any atom is -0.352 e. The molecule has 25 heavy (non-hydrogen) atoms. The Balaban J connectivity index is 1.84. The summed E-state index contributed by atoms with van der Waals surface area (Å²) in [6.07, 6.45) is 3.56. The zero-order valence-electron chi connectivity index (χ0n) is 14.4. The molecule has 1 aliphatic rings. The normalized spacial score (nSPS) is 15.6. The number of benzene rings is 1. The molecule has 134 valence electrons. The molecule has 1 aromatic heterocycles. The minimum absolute atomic E-state index is 0.148. The zero-order valence-corrected chi connectivity index (χ0v) is 15.3. The molecule has 0 radical (unpaired) electrons. The Labute approximate surface area is 148 Å². The second-order valence-corrected chi connectivity index (χ2v) is 7.90. The van der Waals surface area contributed by atoms with Crippen molar-refractivity contribution in [3.8, 4) is 0 Å². The summed E-state index contributed by atoms with van der Waals surface area (Å²) in [5, 5.41) is 8.52. The first kappa shape index (κ1) is 17.6. The third-order valence-electron chi connectivity index (χ3n) is 4.47. The van der Waals surface area contributed by atoms with Crippen molar-refractivity contribution < 1.29 is 8.42 Å². The fourth-order valence-electron chi connectivity index (χ4n) is 2.82. The van der Waals surface area contributed by atoms with E-state index in [0.717, 1.165) is 36.3 Å². The van der Waals surface area contributed by atoms with Gasteiger partial charge in [-0.15, -0.1) is 0 Å². The molecule has 0 unspecified atom stereocenters. The molecule has 0 saturated heterocycles. The Morgan fingerprint density at radius 1 is 1.32 bits per heavy atom. The molecule has 0 saturated carbocycles. The van der Waals surface area contributed by atoms with Crippen molar-refractivity contribution in [3.63, 3.8) is 0 Å². The van der Waals surface area contributed by atoms with E-state index in [4.69, 9.17) is 5.14 Å². The molecule has 1 atom stereocenters. The maximum atomic E-state index is 11.6. The number of rotatable bonds is 5. The number of hydrogen-bond acceptors (Lipinski definition) is 6. The number of nitrogens with zero attached hydrogens (tertiary/aromatic N) is 3. The number of primary sulfonamides is 1. The number of fused-ring (bicyclic) bond motifs is 1. The predicted octanol–water partition coefficient (Wildman–Crippen LogP) is 1.90. The first-order chi connectivity index (χ1) is 11.9. The summed E-state index contributed by atoms with van der Waals surface area (Å²) in [6, 6.07) is 7.26. The summed E-state index contributed by atoms with van der Waals surface area (Å²) in [4.78, 5) is 11.1. The lowest BCUT2D eigenvalue weighted by Gasteiger charge is -2.30. The van der Waals surface area contributed by atoms with Crippen LogP contribution in [0.4, 0.5) is 11.8 Å². The van der Waals surface area contributed by atoms with Crippen LogP contribution < -0.4 is 15.4 Å². The summed E-state index contributed by atoms with van der Waals surface area (Å²) < 4.78 is 23.2. The van der Waals surface area contributed by atoms with Crippen molar-refractivity contribution in [2.75, 3.05) is 16.8 Å². The van der Waals surface area contributed by atoms with Gasteiger partial charge in [0.2, 0.25) is 16.0 Å². The van der Waals surface area contributed by atoms with Crippen LogP contribution >= 0.6 is 0 Å². The molecule has 0 spiro atoms. The lowest BCUT2D eigenvalue weighted by atomic mass is 10.00. The summed E-state index contributed by atoms with van der Waals surface area (Å²) in [7, 11) is -3.70. The molecule has 1 aliphatic heterocycles. The van der Waals surface area contributed by atoms with Crippen molar-refractivity contribution in [3.05, 3.63) is 41.6 Å². The smallest absolute Gasteiger partial charge is 0.238 e. The van der Waals surface area contributed by atoms with E-state index in [9.17, 15) is 8.42 Å². The van der Waals surface area contributed by atoms with Crippen LogP contribution in [-0.4, -0.2) is 31.0 Å². The van der Waals surface area contributed by atoms with Crippen molar-refractivity contribution in [2.24, 2.45) is 5.14 Å². The number of anilines is 2. The third-order valence-corrected chi connectivity index (χ3v) is 5.38. The fourth-order valence-corrected chi connectivity index (χ4v) is 3.39. The number of sulfonamides is 1.